The maximum absolute atomic E-state index is 9.82. The van der Waals surface area contributed by atoms with E-state index < -0.39 is 0 Å². The number of hydrogen-bond donors (Lipinski definition) is 1. The van der Waals surface area contributed by atoms with E-state index in [2.05, 4.69) is 35.2 Å². The van der Waals surface area contributed by atoms with Crippen LogP contribution in [-0.4, -0.2) is 9.67 Å². The van der Waals surface area contributed by atoms with Gasteiger partial charge in [-0.1, -0.05) is 25.1 Å². The Hall–Kier alpha value is -1.54. The molecule has 0 saturated carbocycles. The summed E-state index contributed by atoms with van der Waals surface area (Å²) in [5.74, 6) is 0. The van der Waals surface area contributed by atoms with Crippen LogP contribution in [0.25, 0.3) is 0 Å². The van der Waals surface area contributed by atoms with Gasteiger partial charge in [-0.05, 0) is 54.0 Å². The van der Waals surface area contributed by atoms with Gasteiger partial charge in [0.25, 0.3) is 0 Å². The molecular weight excluding hydrogens is 234 g/mol. The number of fused-ring (bicyclic) bond motifs is 1. The van der Waals surface area contributed by atoms with Gasteiger partial charge in [-0.3, -0.25) is 0 Å². The normalized spacial score (nSPS) is 15.5. The van der Waals surface area contributed by atoms with Crippen molar-refractivity contribution in [2.24, 2.45) is 0 Å². The SMILES string of the molecule is CCC(O)c1ccn(Cc2ccc3c(c2)CCC3)c1. The summed E-state index contributed by atoms with van der Waals surface area (Å²) in [7, 11) is 0. The first kappa shape index (κ1) is 12.5. The molecular formula is C17H21NO. The Morgan fingerprint density at radius 1 is 1.21 bits per heavy atom. The van der Waals surface area contributed by atoms with Crippen molar-refractivity contribution in [3.05, 3.63) is 58.9 Å². The molecule has 1 aromatic heterocycles. The van der Waals surface area contributed by atoms with Gasteiger partial charge in [-0.2, -0.15) is 0 Å². The molecule has 1 N–H and O–H groups in total. The molecule has 0 amide bonds. The number of aliphatic hydroxyl groups excluding tert-OH is 1. The van der Waals surface area contributed by atoms with Crippen molar-refractivity contribution in [3.63, 3.8) is 0 Å². The fraction of sp³-hybridized carbons (Fsp3) is 0.412. The zero-order chi connectivity index (χ0) is 13.2. The van der Waals surface area contributed by atoms with Crippen LogP contribution >= 0.6 is 0 Å². The van der Waals surface area contributed by atoms with Crippen molar-refractivity contribution in [3.8, 4) is 0 Å². The van der Waals surface area contributed by atoms with E-state index in [1.54, 1.807) is 0 Å². The molecule has 2 heteroatoms. The standard InChI is InChI=1S/C17H21NO/c1-2-17(19)16-8-9-18(12-16)11-13-6-7-14-4-3-5-15(14)10-13/h6-10,12,17,19H,2-5,11H2,1H3. The lowest BCUT2D eigenvalue weighted by Gasteiger charge is -2.07. The van der Waals surface area contributed by atoms with Crippen molar-refractivity contribution in [1.82, 2.24) is 4.57 Å². The molecule has 0 radical (unpaired) electrons. The van der Waals surface area contributed by atoms with Crippen LogP contribution in [0.5, 0.6) is 0 Å². The molecule has 1 heterocycles. The molecule has 1 atom stereocenters. The molecule has 0 bridgehead atoms. The fourth-order valence-corrected chi connectivity index (χ4v) is 2.92. The lowest BCUT2D eigenvalue weighted by molar-refractivity contribution is 0.173. The van der Waals surface area contributed by atoms with E-state index in [9.17, 15) is 5.11 Å². The van der Waals surface area contributed by atoms with Gasteiger partial charge in [0.15, 0.2) is 0 Å². The average Bonchev–Trinajstić information content (AvgIpc) is 3.06. The number of hydrogen-bond acceptors (Lipinski definition) is 1. The number of aromatic nitrogens is 1. The summed E-state index contributed by atoms with van der Waals surface area (Å²) in [6.07, 6.45) is 8.32. The Morgan fingerprint density at radius 2 is 2.05 bits per heavy atom. The van der Waals surface area contributed by atoms with E-state index in [4.69, 9.17) is 0 Å². The summed E-state index contributed by atoms with van der Waals surface area (Å²) in [6.45, 7) is 2.90. The predicted octanol–water partition coefficient (Wildman–Crippen LogP) is 3.47. The second kappa shape index (κ2) is 5.22. The molecule has 3 rings (SSSR count). The molecule has 0 fully saturated rings. The molecule has 19 heavy (non-hydrogen) atoms. The largest absolute Gasteiger partial charge is 0.388 e. The third kappa shape index (κ3) is 2.59. The Kier molecular flexibility index (Phi) is 3.43. The first-order valence-electron chi connectivity index (χ1n) is 7.20. The van der Waals surface area contributed by atoms with Gasteiger partial charge >= 0.3 is 0 Å². The second-order valence-electron chi connectivity index (χ2n) is 5.50. The van der Waals surface area contributed by atoms with Gasteiger partial charge in [0.05, 0.1) is 6.10 Å². The van der Waals surface area contributed by atoms with Crippen molar-refractivity contribution < 1.29 is 5.11 Å². The highest BCUT2D eigenvalue weighted by Gasteiger charge is 2.11. The quantitative estimate of drug-likeness (QED) is 0.889. The molecule has 0 spiro atoms. The molecule has 100 valence electrons. The number of rotatable bonds is 4. The van der Waals surface area contributed by atoms with E-state index in [-0.39, 0.29) is 6.10 Å². The highest BCUT2D eigenvalue weighted by atomic mass is 16.3. The zero-order valence-corrected chi connectivity index (χ0v) is 11.5. The zero-order valence-electron chi connectivity index (χ0n) is 11.5. The molecule has 0 aliphatic heterocycles. The third-order valence-electron chi connectivity index (χ3n) is 4.07. The van der Waals surface area contributed by atoms with E-state index in [0.717, 1.165) is 18.5 Å². The minimum atomic E-state index is -0.332. The minimum Gasteiger partial charge on any atom is -0.388 e. The lowest BCUT2D eigenvalue weighted by Crippen LogP contribution is -1.98. The lowest BCUT2D eigenvalue weighted by atomic mass is 10.1. The summed E-state index contributed by atoms with van der Waals surface area (Å²) >= 11 is 0. The maximum atomic E-state index is 9.82. The smallest absolute Gasteiger partial charge is 0.0802 e. The first-order chi connectivity index (χ1) is 9.26. The van der Waals surface area contributed by atoms with Crippen LogP contribution in [0.3, 0.4) is 0 Å². The van der Waals surface area contributed by atoms with Crippen molar-refractivity contribution >= 4 is 0 Å². The van der Waals surface area contributed by atoms with Gasteiger partial charge in [-0.15, -0.1) is 0 Å². The van der Waals surface area contributed by atoms with E-state index in [1.807, 2.05) is 13.0 Å². The van der Waals surface area contributed by atoms with Crippen LogP contribution < -0.4 is 0 Å². The van der Waals surface area contributed by atoms with Crippen molar-refractivity contribution in [2.45, 2.75) is 45.3 Å². The van der Waals surface area contributed by atoms with E-state index in [0.29, 0.717) is 0 Å². The minimum absolute atomic E-state index is 0.332. The van der Waals surface area contributed by atoms with Crippen LogP contribution in [0.2, 0.25) is 0 Å². The number of aliphatic hydroxyl groups is 1. The highest BCUT2D eigenvalue weighted by molar-refractivity contribution is 5.35. The highest BCUT2D eigenvalue weighted by Crippen LogP contribution is 2.23. The Balaban J connectivity index is 1.76. The topological polar surface area (TPSA) is 25.2 Å². The predicted molar refractivity (Wildman–Crippen MR) is 77.3 cm³/mol. The first-order valence-corrected chi connectivity index (χ1v) is 7.20. The summed E-state index contributed by atoms with van der Waals surface area (Å²) < 4.78 is 2.16. The number of aryl methyl sites for hydroxylation is 2. The van der Waals surface area contributed by atoms with Gasteiger partial charge in [0.1, 0.15) is 0 Å². The average molecular weight is 255 g/mol. The van der Waals surface area contributed by atoms with Crippen molar-refractivity contribution in [1.29, 1.82) is 0 Å². The molecule has 1 unspecified atom stereocenters. The molecule has 1 aliphatic carbocycles. The van der Waals surface area contributed by atoms with Crippen LogP contribution in [0.4, 0.5) is 0 Å². The van der Waals surface area contributed by atoms with E-state index >= 15 is 0 Å². The fourth-order valence-electron chi connectivity index (χ4n) is 2.92. The third-order valence-corrected chi connectivity index (χ3v) is 4.07. The Labute approximate surface area is 114 Å². The summed E-state index contributed by atoms with van der Waals surface area (Å²) in [5, 5.41) is 9.82. The Bertz CT molecular complexity index is 570. The Morgan fingerprint density at radius 3 is 2.89 bits per heavy atom. The number of benzene rings is 1. The van der Waals surface area contributed by atoms with Gasteiger partial charge in [-0.25, -0.2) is 0 Å². The van der Waals surface area contributed by atoms with Crippen LogP contribution in [-0.2, 0) is 19.4 Å². The van der Waals surface area contributed by atoms with Gasteiger partial charge in [0, 0.05) is 18.9 Å². The number of nitrogens with zero attached hydrogens (tertiary/aromatic N) is 1. The molecule has 1 aromatic carbocycles. The molecule has 2 nitrogen and oxygen atoms in total. The van der Waals surface area contributed by atoms with E-state index in [1.165, 1.54) is 36.0 Å². The summed E-state index contributed by atoms with van der Waals surface area (Å²) in [6, 6.07) is 8.88. The second-order valence-corrected chi connectivity index (χ2v) is 5.50. The summed E-state index contributed by atoms with van der Waals surface area (Å²) in [4.78, 5) is 0. The van der Waals surface area contributed by atoms with Crippen LogP contribution in [0, 0.1) is 0 Å². The van der Waals surface area contributed by atoms with Crippen molar-refractivity contribution in [2.75, 3.05) is 0 Å². The molecule has 1 aliphatic rings. The van der Waals surface area contributed by atoms with Gasteiger partial charge < -0.3 is 9.67 Å². The van der Waals surface area contributed by atoms with Gasteiger partial charge in [0.2, 0.25) is 0 Å². The van der Waals surface area contributed by atoms with Crippen LogP contribution in [0.1, 0.15) is 48.1 Å². The molecule has 0 saturated heterocycles. The molecule has 2 aromatic rings. The maximum Gasteiger partial charge on any atom is 0.0802 e. The van der Waals surface area contributed by atoms with Crippen LogP contribution in [0.15, 0.2) is 36.7 Å². The summed E-state index contributed by atoms with van der Waals surface area (Å²) in [5.41, 5.74) is 5.43. The monoisotopic (exact) mass is 255 g/mol.